The highest BCUT2D eigenvalue weighted by Gasteiger charge is 2.19. The van der Waals surface area contributed by atoms with Crippen LogP contribution in [0.3, 0.4) is 0 Å². The molecule has 0 unspecified atom stereocenters. The summed E-state index contributed by atoms with van der Waals surface area (Å²) in [4.78, 5) is 36.2. The summed E-state index contributed by atoms with van der Waals surface area (Å²) < 4.78 is 5.07. The lowest BCUT2D eigenvalue weighted by Gasteiger charge is -2.19. The van der Waals surface area contributed by atoms with Gasteiger partial charge in [0.1, 0.15) is 6.54 Å². The molecule has 0 bridgehead atoms. The summed E-state index contributed by atoms with van der Waals surface area (Å²) in [5, 5.41) is 5.66. The fourth-order valence-electron chi connectivity index (χ4n) is 2.45. The molecule has 0 saturated carbocycles. The number of esters is 1. The zero-order chi connectivity index (χ0) is 21.6. The molecule has 0 saturated heterocycles. The van der Waals surface area contributed by atoms with Crippen molar-refractivity contribution in [1.82, 2.24) is 5.32 Å². The molecule has 7 heteroatoms. The molecule has 0 aliphatic heterocycles. The number of rotatable bonds is 6. The van der Waals surface area contributed by atoms with Gasteiger partial charge >= 0.3 is 5.97 Å². The minimum atomic E-state index is -1.01. The predicted octanol–water partition coefficient (Wildman–Crippen LogP) is 3.94. The summed E-state index contributed by atoms with van der Waals surface area (Å²) >= 11 is 5.80. The first kappa shape index (κ1) is 22.4. The maximum atomic E-state index is 12.2. The van der Waals surface area contributed by atoms with Gasteiger partial charge in [0, 0.05) is 16.3 Å². The van der Waals surface area contributed by atoms with Gasteiger partial charge in [-0.1, -0.05) is 44.5 Å². The number of anilines is 1. The highest BCUT2D eigenvalue weighted by molar-refractivity contribution is 6.30. The monoisotopic (exact) mass is 416 g/mol. The Morgan fingerprint density at radius 1 is 1.00 bits per heavy atom. The molecular formula is C22H25ClN2O4. The normalized spacial score (nSPS) is 12.0. The Bertz CT molecular complexity index is 871. The van der Waals surface area contributed by atoms with Gasteiger partial charge in [-0.25, -0.2) is 0 Å². The van der Waals surface area contributed by atoms with Crippen molar-refractivity contribution in [1.29, 1.82) is 0 Å². The SMILES string of the molecule is C[C@@H](OC(=O)CNC(=O)c1ccc(C(C)(C)C)cc1)C(=O)Nc1ccc(Cl)cc1. The van der Waals surface area contributed by atoms with Gasteiger partial charge in [0.25, 0.3) is 11.8 Å². The van der Waals surface area contributed by atoms with Crippen molar-refractivity contribution in [3.05, 3.63) is 64.7 Å². The zero-order valence-corrected chi connectivity index (χ0v) is 17.7. The smallest absolute Gasteiger partial charge is 0.326 e. The standard InChI is InChI=1S/C22H25ClN2O4/c1-14(20(27)25-18-11-9-17(23)10-12-18)29-19(26)13-24-21(28)15-5-7-16(8-6-15)22(2,3)4/h5-12,14H,13H2,1-4H3,(H,24,28)(H,25,27)/t14-/m1/s1. The fourth-order valence-corrected chi connectivity index (χ4v) is 2.57. The second-order valence-corrected chi connectivity index (χ2v) is 8.07. The van der Waals surface area contributed by atoms with E-state index in [4.69, 9.17) is 16.3 Å². The molecule has 29 heavy (non-hydrogen) atoms. The van der Waals surface area contributed by atoms with Crippen LogP contribution in [-0.4, -0.2) is 30.4 Å². The van der Waals surface area contributed by atoms with Crippen LogP contribution in [-0.2, 0) is 19.7 Å². The Labute approximate surface area is 175 Å². The van der Waals surface area contributed by atoms with Crippen molar-refractivity contribution in [3.8, 4) is 0 Å². The molecule has 0 fully saturated rings. The summed E-state index contributed by atoms with van der Waals surface area (Å²) in [6.07, 6.45) is -1.01. The molecule has 2 rings (SSSR count). The number of hydrogen-bond acceptors (Lipinski definition) is 4. The highest BCUT2D eigenvalue weighted by Crippen LogP contribution is 2.22. The second kappa shape index (κ2) is 9.56. The molecule has 2 amide bonds. The molecule has 0 aliphatic rings. The summed E-state index contributed by atoms with van der Waals surface area (Å²) in [5.41, 5.74) is 2.07. The number of ether oxygens (including phenoxy) is 1. The van der Waals surface area contributed by atoms with Crippen LogP contribution in [0.4, 0.5) is 5.69 Å². The van der Waals surface area contributed by atoms with Gasteiger partial charge in [0.2, 0.25) is 0 Å². The van der Waals surface area contributed by atoms with Crippen LogP contribution in [0.15, 0.2) is 48.5 Å². The Kier molecular flexibility index (Phi) is 7.40. The average molecular weight is 417 g/mol. The molecule has 0 spiro atoms. The molecule has 2 N–H and O–H groups in total. The molecule has 0 aliphatic carbocycles. The molecule has 0 heterocycles. The largest absolute Gasteiger partial charge is 0.451 e. The molecule has 0 aromatic heterocycles. The third-order valence-corrected chi connectivity index (χ3v) is 4.45. The van der Waals surface area contributed by atoms with Crippen molar-refractivity contribution in [2.75, 3.05) is 11.9 Å². The number of halogens is 1. The van der Waals surface area contributed by atoms with Crippen molar-refractivity contribution in [2.24, 2.45) is 0 Å². The Morgan fingerprint density at radius 2 is 1.59 bits per heavy atom. The number of amides is 2. The molecule has 2 aromatic rings. The number of hydrogen-bond donors (Lipinski definition) is 2. The maximum absolute atomic E-state index is 12.2. The Balaban J connectivity index is 1.81. The van der Waals surface area contributed by atoms with Gasteiger partial charge in [0.05, 0.1) is 0 Å². The third-order valence-electron chi connectivity index (χ3n) is 4.20. The van der Waals surface area contributed by atoms with Gasteiger partial charge in [-0.2, -0.15) is 0 Å². The first-order valence-corrected chi connectivity index (χ1v) is 9.59. The lowest BCUT2D eigenvalue weighted by Crippen LogP contribution is -2.35. The fraction of sp³-hybridized carbons (Fsp3) is 0.318. The van der Waals surface area contributed by atoms with Crippen LogP contribution in [0, 0.1) is 0 Å². The zero-order valence-electron chi connectivity index (χ0n) is 16.9. The van der Waals surface area contributed by atoms with E-state index in [1.54, 1.807) is 36.4 Å². The summed E-state index contributed by atoms with van der Waals surface area (Å²) in [5.74, 6) is -1.58. The van der Waals surface area contributed by atoms with E-state index in [9.17, 15) is 14.4 Å². The average Bonchev–Trinajstić information content (AvgIpc) is 2.67. The minimum absolute atomic E-state index is 0.0124. The van der Waals surface area contributed by atoms with Gasteiger partial charge in [0.15, 0.2) is 6.10 Å². The number of carbonyl (C=O) groups excluding carboxylic acids is 3. The molecule has 154 valence electrons. The summed E-state index contributed by atoms with van der Waals surface area (Å²) in [6, 6.07) is 13.7. The van der Waals surface area contributed by atoms with E-state index < -0.39 is 18.0 Å². The minimum Gasteiger partial charge on any atom is -0.451 e. The van der Waals surface area contributed by atoms with Crippen LogP contribution in [0.5, 0.6) is 0 Å². The number of benzene rings is 2. The lowest BCUT2D eigenvalue weighted by atomic mass is 9.87. The predicted molar refractivity (Wildman–Crippen MR) is 113 cm³/mol. The van der Waals surface area contributed by atoms with Crippen LogP contribution in [0.25, 0.3) is 0 Å². The molecular weight excluding hydrogens is 392 g/mol. The summed E-state index contributed by atoms with van der Waals surface area (Å²) in [7, 11) is 0. The van der Waals surface area contributed by atoms with Crippen molar-refractivity contribution in [3.63, 3.8) is 0 Å². The Morgan fingerprint density at radius 3 is 2.14 bits per heavy atom. The molecule has 1 atom stereocenters. The van der Waals surface area contributed by atoms with Crippen molar-refractivity contribution >= 4 is 35.1 Å². The van der Waals surface area contributed by atoms with Crippen molar-refractivity contribution < 1.29 is 19.1 Å². The van der Waals surface area contributed by atoms with Gasteiger partial charge in [-0.3, -0.25) is 14.4 Å². The number of carbonyl (C=O) groups is 3. The molecule has 2 aromatic carbocycles. The number of nitrogens with one attached hydrogen (secondary N) is 2. The van der Waals surface area contributed by atoms with Crippen LogP contribution >= 0.6 is 11.6 Å². The van der Waals surface area contributed by atoms with E-state index in [1.807, 2.05) is 12.1 Å². The summed E-state index contributed by atoms with van der Waals surface area (Å²) in [6.45, 7) is 7.38. The van der Waals surface area contributed by atoms with E-state index in [1.165, 1.54) is 6.92 Å². The van der Waals surface area contributed by atoms with E-state index in [2.05, 4.69) is 31.4 Å². The quantitative estimate of drug-likeness (QED) is 0.698. The lowest BCUT2D eigenvalue weighted by molar-refractivity contribution is -0.152. The van der Waals surface area contributed by atoms with E-state index in [0.717, 1.165) is 5.56 Å². The van der Waals surface area contributed by atoms with Gasteiger partial charge in [-0.05, 0) is 54.3 Å². The van der Waals surface area contributed by atoms with E-state index in [-0.39, 0.29) is 17.9 Å². The van der Waals surface area contributed by atoms with Crippen LogP contribution in [0.2, 0.25) is 5.02 Å². The molecule has 0 radical (unpaired) electrons. The topological polar surface area (TPSA) is 84.5 Å². The van der Waals surface area contributed by atoms with Gasteiger partial charge in [-0.15, -0.1) is 0 Å². The van der Waals surface area contributed by atoms with Crippen LogP contribution in [0.1, 0.15) is 43.6 Å². The van der Waals surface area contributed by atoms with E-state index >= 15 is 0 Å². The van der Waals surface area contributed by atoms with Gasteiger partial charge < -0.3 is 15.4 Å². The van der Waals surface area contributed by atoms with Crippen LogP contribution < -0.4 is 10.6 Å². The third kappa shape index (κ3) is 6.91. The van der Waals surface area contributed by atoms with E-state index in [0.29, 0.717) is 16.3 Å². The first-order valence-electron chi connectivity index (χ1n) is 9.21. The second-order valence-electron chi connectivity index (χ2n) is 7.64. The first-order chi connectivity index (χ1) is 13.6. The molecule has 6 nitrogen and oxygen atoms in total. The maximum Gasteiger partial charge on any atom is 0.326 e. The Hall–Kier alpha value is -2.86. The highest BCUT2D eigenvalue weighted by atomic mass is 35.5. The van der Waals surface area contributed by atoms with Crippen molar-refractivity contribution in [2.45, 2.75) is 39.2 Å².